The number of piperidine rings is 1. The normalized spacial score (nSPS) is 15.9. The van der Waals surface area contributed by atoms with Crippen molar-refractivity contribution in [2.45, 2.75) is 24.9 Å². The molecule has 10 heteroatoms. The van der Waals surface area contributed by atoms with Gasteiger partial charge in [0.05, 0.1) is 15.8 Å². The third-order valence-corrected chi connectivity index (χ3v) is 6.14. The maximum absolute atomic E-state index is 14.6. The molecule has 1 fully saturated rings. The smallest absolute Gasteiger partial charge is 0.416 e. The predicted molar refractivity (Wildman–Crippen MR) is 107 cm³/mol. The Kier molecular flexibility index (Phi) is 4.62. The minimum absolute atomic E-state index is 0.0376. The van der Waals surface area contributed by atoms with E-state index in [0.717, 1.165) is 55.0 Å². The fourth-order valence-electron chi connectivity index (χ4n) is 3.70. The fourth-order valence-corrected chi connectivity index (χ4v) is 4.60. The molecule has 1 saturated heterocycles. The molecule has 0 radical (unpaired) electrons. The summed E-state index contributed by atoms with van der Waals surface area (Å²) in [6, 6.07) is 6.72. The Morgan fingerprint density at radius 2 is 1.87 bits per heavy atom. The van der Waals surface area contributed by atoms with E-state index in [-0.39, 0.29) is 17.5 Å². The number of hydrogen-bond donors (Lipinski definition) is 2. The van der Waals surface area contributed by atoms with Crippen LogP contribution in [0.3, 0.4) is 0 Å². The van der Waals surface area contributed by atoms with Gasteiger partial charge in [-0.1, -0.05) is 11.3 Å². The first kappa shape index (κ1) is 19.3. The molecule has 156 valence electrons. The minimum atomic E-state index is -4.42. The van der Waals surface area contributed by atoms with Crippen LogP contribution < -0.4 is 10.6 Å². The van der Waals surface area contributed by atoms with E-state index in [9.17, 15) is 17.6 Å². The summed E-state index contributed by atoms with van der Waals surface area (Å²) in [4.78, 5) is 8.56. The van der Waals surface area contributed by atoms with Gasteiger partial charge in [0, 0.05) is 0 Å². The Morgan fingerprint density at radius 3 is 2.63 bits per heavy atom. The highest BCUT2D eigenvalue weighted by Gasteiger charge is 2.30. The highest BCUT2D eigenvalue weighted by Crippen LogP contribution is 2.36. The number of fused-ring (bicyclic) bond motifs is 2. The van der Waals surface area contributed by atoms with Gasteiger partial charge >= 0.3 is 12.2 Å². The maximum atomic E-state index is 14.6. The molecule has 0 aliphatic carbocycles. The van der Waals surface area contributed by atoms with E-state index in [4.69, 9.17) is 4.42 Å². The number of alkyl halides is 3. The van der Waals surface area contributed by atoms with Crippen molar-refractivity contribution in [2.75, 3.05) is 18.4 Å². The Morgan fingerprint density at radius 1 is 1.07 bits per heavy atom. The summed E-state index contributed by atoms with van der Waals surface area (Å²) in [6.45, 7) is 1.78. The third kappa shape index (κ3) is 3.61. The molecule has 0 amide bonds. The molecule has 1 aliphatic heterocycles. The Bertz CT molecular complexity index is 1230. The molecule has 4 aromatic rings. The molecule has 2 N–H and O–H groups in total. The van der Waals surface area contributed by atoms with Gasteiger partial charge in [-0.25, -0.2) is 9.37 Å². The van der Waals surface area contributed by atoms with Gasteiger partial charge in [0.2, 0.25) is 0 Å². The molecular formula is C20H16F4N4OS. The minimum Gasteiger partial charge on any atom is -0.420 e. The lowest BCUT2D eigenvalue weighted by molar-refractivity contribution is -0.137. The summed E-state index contributed by atoms with van der Waals surface area (Å²) in [5, 5.41) is 6.44. The summed E-state index contributed by atoms with van der Waals surface area (Å²) in [7, 11) is 0. The average molecular weight is 436 g/mol. The molecule has 0 saturated carbocycles. The van der Waals surface area contributed by atoms with Crippen LogP contribution in [-0.4, -0.2) is 23.1 Å². The van der Waals surface area contributed by atoms with E-state index in [0.29, 0.717) is 20.9 Å². The molecule has 5 rings (SSSR count). The van der Waals surface area contributed by atoms with Gasteiger partial charge in [-0.15, -0.1) is 0 Å². The van der Waals surface area contributed by atoms with Gasteiger partial charge in [-0.05, 0) is 67.7 Å². The highest BCUT2D eigenvalue weighted by molar-refractivity contribution is 7.22. The van der Waals surface area contributed by atoms with E-state index in [1.54, 1.807) is 0 Å². The van der Waals surface area contributed by atoms with Crippen LogP contribution in [0.5, 0.6) is 0 Å². The summed E-state index contributed by atoms with van der Waals surface area (Å²) in [5.74, 6) is -0.217. The van der Waals surface area contributed by atoms with Crippen molar-refractivity contribution < 1.29 is 22.0 Å². The number of rotatable bonds is 3. The number of benzene rings is 2. The summed E-state index contributed by atoms with van der Waals surface area (Å²) in [5.41, 5.74) is 1.01. The number of nitrogens with zero attached hydrogens (tertiary/aromatic N) is 2. The molecule has 0 bridgehead atoms. The lowest BCUT2D eigenvalue weighted by Crippen LogP contribution is -2.26. The first-order valence-electron chi connectivity index (χ1n) is 9.42. The first-order chi connectivity index (χ1) is 14.4. The van der Waals surface area contributed by atoms with Crippen molar-refractivity contribution in [2.24, 2.45) is 0 Å². The van der Waals surface area contributed by atoms with Crippen molar-refractivity contribution in [3.05, 3.63) is 47.3 Å². The lowest BCUT2D eigenvalue weighted by atomic mass is 9.90. The zero-order chi connectivity index (χ0) is 20.9. The van der Waals surface area contributed by atoms with Crippen LogP contribution in [0, 0.1) is 5.82 Å². The fraction of sp³-hybridized carbons (Fsp3) is 0.300. The van der Waals surface area contributed by atoms with Crippen LogP contribution in [0.2, 0.25) is 0 Å². The van der Waals surface area contributed by atoms with Gasteiger partial charge in [0.1, 0.15) is 5.52 Å². The second-order valence-electron chi connectivity index (χ2n) is 7.22. The van der Waals surface area contributed by atoms with Crippen molar-refractivity contribution >= 4 is 43.8 Å². The van der Waals surface area contributed by atoms with Crippen LogP contribution >= 0.6 is 11.3 Å². The zero-order valence-electron chi connectivity index (χ0n) is 15.5. The van der Waals surface area contributed by atoms with Crippen LogP contribution in [0.4, 0.5) is 28.7 Å². The highest BCUT2D eigenvalue weighted by atomic mass is 32.1. The molecule has 0 spiro atoms. The lowest BCUT2D eigenvalue weighted by Gasteiger charge is -2.22. The Labute approximate surface area is 172 Å². The Balaban J connectivity index is 1.44. The molecule has 2 aromatic heterocycles. The van der Waals surface area contributed by atoms with Crippen molar-refractivity contribution in [3.8, 4) is 0 Å². The van der Waals surface area contributed by atoms with Crippen molar-refractivity contribution in [3.63, 3.8) is 0 Å². The number of aromatic nitrogens is 2. The van der Waals surface area contributed by atoms with E-state index in [2.05, 4.69) is 20.6 Å². The molecule has 0 atom stereocenters. The topological polar surface area (TPSA) is 63.0 Å². The van der Waals surface area contributed by atoms with Gasteiger partial charge in [-0.2, -0.15) is 18.2 Å². The second kappa shape index (κ2) is 7.21. The van der Waals surface area contributed by atoms with E-state index < -0.39 is 17.6 Å². The van der Waals surface area contributed by atoms with E-state index >= 15 is 0 Å². The van der Waals surface area contributed by atoms with Gasteiger partial charge < -0.3 is 9.73 Å². The molecular weight excluding hydrogens is 420 g/mol. The number of anilines is 2. The third-order valence-electron chi connectivity index (χ3n) is 5.21. The molecule has 1 aliphatic rings. The number of hydrogen-bond acceptors (Lipinski definition) is 6. The van der Waals surface area contributed by atoms with Crippen molar-refractivity contribution in [1.82, 2.24) is 15.3 Å². The molecule has 3 heterocycles. The van der Waals surface area contributed by atoms with E-state index in [1.807, 2.05) is 6.07 Å². The van der Waals surface area contributed by atoms with E-state index in [1.165, 1.54) is 12.1 Å². The summed E-state index contributed by atoms with van der Waals surface area (Å²) in [6.07, 6.45) is -2.56. The molecule has 30 heavy (non-hydrogen) atoms. The quantitative estimate of drug-likeness (QED) is 0.397. The number of thiazole rings is 1. The second-order valence-corrected chi connectivity index (χ2v) is 8.25. The summed E-state index contributed by atoms with van der Waals surface area (Å²) >= 11 is 1.04. The Hall–Kier alpha value is -2.72. The van der Waals surface area contributed by atoms with Gasteiger partial charge in [-0.3, -0.25) is 5.32 Å². The standard InChI is InChI=1S/C20H16F4N4OS/c21-13-7-11(10-3-5-25-6-4-10)8-15-17(13)29-18(26-15)28-19-27-14-2-1-12(20(22,23)24)9-16(14)30-19/h1-2,7-10,25H,3-6H2,(H,26,27,28). The maximum Gasteiger partial charge on any atom is 0.416 e. The summed E-state index contributed by atoms with van der Waals surface area (Å²) < 4.78 is 59.1. The first-order valence-corrected chi connectivity index (χ1v) is 10.2. The number of halogens is 4. The van der Waals surface area contributed by atoms with Gasteiger partial charge in [0.15, 0.2) is 16.5 Å². The average Bonchev–Trinajstić information content (AvgIpc) is 3.30. The number of oxazole rings is 1. The number of nitrogens with one attached hydrogen (secondary N) is 2. The monoisotopic (exact) mass is 436 g/mol. The van der Waals surface area contributed by atoms with Crippen LogP contribution in [0.1, 0.15) is 29.9 Å². The van der Waals surface area contributed by atoms with Crippen LogP contribution in [0.25, 0.3) is 21.3 Å². The van der Waals surface area contributed by atoms with Crippen LogP contribution in [-0.2, 0) is 6.18 Å². The SMILES string of the molecule is Fc1cc(C2CCNCC2)cc2nc(Nc3nc4ccc(C(F)(F)F)cc4s3)oc12. The van der Waals surface area contributed by atoms with Gasteiger partial charge in [0.25, 0.3) is 0 Å². The zero-order valence-corrected chi connectivity index (χ0v) is 16.3. The largest absolute Gasteiger partial charge is 0.420 e. The molecule has 5 nitrogen and oxygen atoms in total. The van der Waals surface area contributed by atoms with Crippen molar-refractivity contribution in [1.29, 1.82) is 0 Å². The predicted octanol–water partition coefficient (Wildman–Crippen LogP) is 5.81. The molecule has 2 aromatic carbocycles. The molecule has 0 unspecified atom stereocenters. The van der Waals surface area contributed by atoms with Crippen LogP contribution in [0.15, 0.2) is 34.7 Å².